The number of benzene rings is 1. The molecule has 1 aromatic carbocycles. The average molecular weight is 411 g/mol. The van der Waals surface area contributed by atoms with Gasteiger partial charge in [-0.2, -0.15) is 4.33 Å². The van der Waals surface area contributed by atoms with Crippen molar-refractivity contribution < 1.29 is 14.0 Å². The summed E-state index contributed by atoms with van der Waals surface area (Å²) in [4.78, 5) is 12.3. The Balaban J connectivity index is 1.42. The molecule has 2 aliphatic rings. The zero-order valence-electron chi connectivity index (χ0n) is 17.1. The third-order valence-corrected chi connectivity index (χ3v) is 6.24. The molecule has 0 radical (unpaired) electrons. The molecule has 0 saturated carbocycles. The summed E-state index contributed by atoms with van der Waals surface area (Å²) in [5.74, 6) is 1.74. The van der Waals surface area contributed by atoms with Crippen molar-refractivity contribution in [1.82, 2.24) is 9.80 Å². The maximum Gasteiger partial charge on any atom is 0.144 e. The molecule has 3 rings (SSSR count). The summed E-state index contributed by atoms with van der Waals surface area (Å²) in [5, 5.41) is 0. The maximum absolute atomic E-state index is 6.01. The number of nitrogens with zero attached hydrogens (tertiary/aromatic N) is 3. The lowest BCUT2D eigenvalue weighted by Gasteiger charge is -2.43. The highest BCUT2D eigenvalue weighted by Crippen LogP contribution is 2.29. The van der Waals surface area contributed by atoms with Gasteiger partial charge in [0.2, 0.25) is 0 Å². The van der Waals surface area contributed by atoms with E-state index in [2.05, 4.69) is 31.7 Å². The Morgan fingerprint density at radius 3 is 2.54 bits per heavy atom. The Labute approximate surface area is 173 Å². The van der Waals surface area contributed by atoms with Gasteiger partial charge < -0.3 is 20.3 Å². The lowest BCUT2D eigenvalue weighted by molar-refractivity contribution is -0.160. The van der Waals surface area contributed by atoms with Gasteiger partial charge in [0.15, 0.2) is 0 Å². The predicted molar refractivity (Wildman–Crippen MR) is 116 cm³/mol. The van der Waals surface area contributed by atoms with Crippen molar-refractivity contribution in [3.05, 3.63) is 18.2 Å². The molecule has 2 fully saturated rings. The van der Waals surface area contributed by atoms with Gasteiger partial charge in [-0.05, 0) is 45.0 Å². The molecule has 7 nitrogen and oxygen atoms in total. The number of anilines is 2. The van der Waals surface area contributed by atoms with Crippen LogP contribution < -0.4 is 15.4 Å². The molecule has 0 aliphatic carbocycles. The molecule has 0 amide bonds. The summed E-state index contributed by atoms with van der Waals surface area (Å²) < 4.78 is 10.5. The molecule has 0 atom stereocenters. The monoisotopic (exact) mass is 410 g/mol. The van der Waals surface area contributed by atoms with Crippen LogP contribution in [0.3, 0.4) is 0 Å². The zero-order valence-corrected chi connectivity index (χ0v) is 18.0. The second-order valence-electron chi connectivity index (χ2n) is 7.31. The molecule has 0 aromatic heterocycles. The van der Waals surface area contributed by atoms with Crippen molar-refractivity contribution in [3.63, 3.8) is 0 Å². The molecule has 2 aliphatic heterocycles. The van der Waals surface area contributed by atoms with Gasteiger partial charge in [0, 0.05) is 68.3 Å². The number of hydrogen-bond acceptors (Lipinski definition) is 8. The molecule has 0 bridgehead atoms. The number of piperazine rings is 1. The SMILES string of the molecule is CCOc1cc(N2CCN(C3CCN(CCSOOC)CC3)CC2)ccc1N. The molecule has 2 N–H and O–H groups in total. The van der Waals surface area contributed by atoms with E-state index in [1.165, 1.54) is 43.7 Å². The minimum absolute atomic E-state index is 0.637. The van der Waals surface area contributed by atoms with Crippen LogP contribution in [0.4, 0.5) is 11.4 Å². The fourth-order valence-corrected chi connectivity index (χ4v) is 4.60. The van der Waals surface area contributed by atoms with Crippen molar-refractivity contribution in [2.75, 3.05) is 75.9 Å². The second kappa shape index (κ2) is 11.1. The van der Waals surface area contributed by atoms with Gasteiger partial charge >= 0.3 is 0 Å². The van der Waals surface area contributed by atoms with E-state index in [0.717, 1.165) is 44.2 Å². The molecule has 0 spiro atoms. The molecule has 8 heteroatoms. The van der Waals surface area contributed by atoms with E-state index in [-0.39, 0.29) is 0 Å². The van der Waals surface area contributed by atoms with E-state index < -0.39 is 0 Å². The van der Waals surface area contributed by atoms with E-state index in [9.17, 15) is 0 Å². The highest BCUT2D eigenvalue weighted by Gasteiger charge is 2.27. The minimum atomic E-state index is 0.637. The summed E-state index contributed by atoms with van der Waals surface area (Å²) in [6.45, 7) is 10.4. The predicted octanol–water partition coefficient (Wildman–Crippen LogP) is 2.48. The molecule has 158 valence electrons. The van der Waals surface area contributed by atoms with Gasteiger partial charge in [-0.1, -0.05) is 0 Å². The Morgan fingerprint density at radius 2 is 1.86 bits per heavy atom. The average Bonchev–Trinajstić information content (AvgIpc) is 2.74. The van der Waals surface area contributed by atoms with E-state index in [4.69, 9.17) is 14.8 Å². The number of nitrogen functional groups attached to an aromatic ring is 1. The van der Waals surface area contributed by atoms with Crippen LogP contribution in [0.2, 0.25) is 0 Å². The third kappa shape index (κ3) is 5.90. The van der Waals surface area contributed by atoms with E-state index in [0.29, 0.717) is 18.3 Å². The fourth-order valence-electron chi connectivity index (χ4n) is 4.10. The van der Waals surface area contributed by atoms with Gasteiger partial charge in [0.25, 0.3) is 0 Å². The molecular weight excluding hydrogens is 376 g/mol. The van der Waals surface area contributed by atoms with Gasteiger partial charge in [-0.3, -0.25) is 4.90 Å². The van der Waals surface area contributed by atoms with Crippen molar-refractivity contribution in [3.8, 4) is 5.75 Å². The maximum atomic E-state index is 6.01. The van der Waals surface area contributed by atoms with Crippen LogP contribution >= 0.6 is 12.0 Å². The van der Waals surface area contributed by atoms with Crippen LogP contribution in [-0.2, 0) is 9.22 Å². The Bertz CT molecular complexity index is 591. The van der Waals surface area contributed by atoms with Crippen LogP contribution in [0.5, 0.6) is 5.75 Å². The summed E-state index contributed by atoms with van der Waals surface area (Å²) in [7, 11) is 1.55. The summed E-state index contributed by atoms with van der Waals surface area (Å²) in [5.41, 5.74) is 7.93. The molecular formula is C20H34N4O3S. The quantitative estimate of drug-likeness (QED) is 0.219. The van der Waals surface area contributed by atoms with E-state index in [1.807, 2.05) is 13.0 Å². The van der Waals surface area contributed by atoms with Crippen LogP contribution in [0.15, 0.2) is 18.2 Å². The smallest absolute Gasteiger partial charge is 0.144 e. The van der Waals surface area contributed by atoms with Crippen LogP contribution in [0.1, 0.15) is 19.8 Å². The standard InChI is InChI=1S/C20H34N4O3S/c1-3-26-20-16-18(4-5-19(20)21)24-12-10-23(11-13-24)17-6-8-22(9-7-17)14-15-28-27-25-2/h4-5,16-17H,3,6-15,21H2,1-2H3. The van der Waals surface area contributed by atoms with Crippen LogP contribution in [-0.4, -0.2) is 81.1 Å². The number of ether oxygens (including phenoxy) is 1. The Kier molecular flexibility index (Phi) is 8.54. The van der Waals surface area contributed by atoms with Crippen LogP contribution in [0, 0.1) is 0 Å². The molecule has 28 heavy (non-hydrogen) atoms. The Morgan fingerprint density at radius 1 is 1.11 bits per heavy atom. The van der Waals surface area contributed by atoms with Gasteiger partial charge in [0.05, 0.1) is 19.4 Å². The van der Waals surface area contributed by atoms with Crippen molar-refractivity contribution in [2.45, 2.75) is 25.8 Å². The number of piperidine rings is 1. The first-order valence-corrected chi connectivity index (χ1v) is 11.2. The van der Waals surface area contributed by atoms with Gasteiger partial charge in [-0.25, -0.2) is 4.89 Å². The zero-order chi connectivity index (χ0) is 19.8. The van der Waals surface area contributed by atoms with Crippen molar-refractivity contribution >= 4 is 23.4 Å². The van der Waals surface area contributed by atoms with E-state index in [1.54, 1.807) is 7.11 Å². The first kappa shape index (κ1) is 21.5. The molecule has 2 heterocycles. The van der Waals surface area contributed by atoms with Gasteiger partial charge in [0.1, 0.15) is 5.75 Å². The lowest BCUT2D eigenvalue weighted by Crippen LogP contribution is -2.53. The van der Waals surface area contributed by atoms with Crippen molar-refractivity contribution in [2.24, 2.45) is 0 Å². The molecule has 1 aromatic rings. The third-order valence-electron chi connectivity index (χ3n) is 5.66. The summed E-state index contributed by atoms with van der Waals surface area (Å²) in [6, 6.07) is 6.86. The fraction of sp³-hybridized carbons (Fsp3) is 0.700. The molecule has 2 saturated heterocycles. The largest absolute Gasteiger partial charge is 0.492 e. The summed E-state index contributed by atoms with van der Waals surface area (Å²) >= 11 is 1.38. The van der Waals surface area contributed by atoms with Crippen LogP contribution in [0.25, 0.3) is 0 Å². The number of rotatable bonds is 9. The first-order chi connectivity index (χ1) is 13.7. The lowest BCUT2D eigenvalue weighted by atomic mass is 10.0. The molecule has 0 unspecified atom stereocenters. The summed E-state index contributed by atoms with van der Waals surface area (Å²) in [6.07, 6.45) is 2.51. The first-order valence-electron chi connectivity index (χ1n) is 10.3. The second-order valence-corrected chi connectivity index (χ2v) is 8.09. The highest BCUT2D eigenvalue weighted by molar-refractivity contribution is 7.94. The number of likely N-dealkylation sites (tertiary alicyclic amines) is 1. The number of nitrogens with two attached hydrogens (primary N) is 1. The van der Waals surface area contributed by atoms with Crippen molar-refractivity contribution in [1.29, 1.82) is 0 Å². The highest BCUT2D eigenvalue weighted by atomic mass is 32.2. The Hall–Kier alpha value is -1.19. The van der Waals surface area contributed by atoms with E-state index >= 15 is 0 Å². The minimum Gasteiger partial charge on any atom is -0.492 e. The normalized spacial score (nSPS) is 19.9. The van der Waals surface area contributed by atoms with Gasteiger partial charge in [-0.15, -0.1) is 0 Å². The topological polar surface area (TPSA) is 63.4 Å². The number of hydrogen-bond donors (Lipinski definition) is 1.